The molecule has 1 amide bonds. The molecule has 4 rings (SSSR count). The summed E-state index contributed by atoms with van der Waals surface area (Å²) in [5, 5.41) is 2.11. The summed E-state index contributed by atoms with van der Waals surface area (Å²) in [4.78, 5) is 12.1. The first-order chi connectivity index (χ1) is 14.0. The first kappa shape index (κ1) is 19.5. The van der Waals surface area contributed by atoms with Gasteiger partial charge >= 0.3 is 0 Å². The molecule has 0 bridgehead atoms. The standard InChI is InChI=1S/C24H22ClFN2O/c1-2-3-6-15-11-12-16-22(13-15)28(14-18-19(25)8-5-9-20(18)26)21-10-4-7-17(23(16)21)24(27)29/h4-5,7-13H,2-3,6,14H2,1H3,(H2,27,29). The van der Waals surface area contributed by atoms with E-state index < -0.39 is 5.91 Å². The Morgan fingerprint density at radius 2 is 1.90 bits per heavy atom. The van der Waals surface area contributed by atoms with Gasteiger partial charge in [-0.1, -0.05) is 49.2 Å². The number of fused-ring (bicyclic) bond motifs is 3. The third kappa shape index (κ3) is 3.49. The van der Waals surface area contributed by atoms with Gasteiger partial charge in [0.15, 0.2) is 0 Å². The molecule has 148 valence electrons. The Labute approximate surface area is 173 Å². The number of aryl methyl sites for hydroxylation is 1. The minimum Gasteiger partial charge on any atom is -0.366 e. The van der Waals surface area contributed by atoms with Gasteiger partial charge in [-0.05, 0) is 48.7 Å². The van der Waals surface area contributed by atoms with Gasteiger partial charge in [0.2, 0.25) is 5.91 Å². The van der Waals surface area contributed by atoms with E-state index in [9.17, 15) is 9.18 Å². The molecule has 2 N–H and O–H groups in total. The first-order valence-electron chi connectivity index (χ1n) is 9.77. The van der Waals surface area contributed by atoms with Crippen LogP contribution in [0.1, 0.15) is 41.3 Å². The predicted molar refractivity (Wildman–Crippen MR) is 117 cm³/mol. The minimum absolute atomic E-state index is 0.269. The van der Waals surface area contributed by atoms with Gasteiger partial charge in [-0.25, -0.2) is 4.39 Å². The Bertz CT molecular complexity index is 1210. The predicted octanol–water partition coefficient (Wildman–Crippen LogP) is 6.08. The van der Waals surface area contributed by atoms with Crippen LogP contribution in [0.25, 0.3) is 21.8 Å². The highest BCUT2D eigenvalue weighted by atomic mass is 35.5. The normalized spacial score (nSPS) is 11.4. The van der Waals surface area contributed by atoms with E-state index in [4.69, 9.17) is 17.3 Å². The van der Waals surface area contributed by atoms with E-state index in [-0.39, 0.29) is 12.4 Å². The average molecular weight is 409 g/mol. The molecular weight excluding hydrogens is 387 g/mol. The van der Waals surface area contributed by atoms with Crippen molar-refractivity contribution in [2.45, 2.75) is 32.7 Å². The highest BCUT2D eigenvalue weighted by molar-refractivity contribution is 6.31. The average Bonchev–Trinajstić information content (AvgIpc) is 3.02. The lowest BCUT2D eigenvalue weighted by Crippen LogP contribution is -2.11. The Hall–Kier alpha value is -2.85. The zero-order valence-corrected chi connectivity index (χ0v) is 17.0. The van der Waals surface area contributed by atoms with Crippen molar-refractivity contribution in [3.63, 3.8) is 0 Å². The Morgan fingerprint density at radius 1 is 1.10 bits per heavy atom. The monoisotopic (exact) mass is 408 g/mol. The van der Waals surface area contributed by atoms with Crippen molar-refractivity contribution in [2.75, 3.05) is 0 Å². The van der Waals surface area contributed by atoms with Crippen LogP contribution < -0.4 is 5.73 Å². The summed E-state index contributed by atoms with van der Waals surface area (Å²) in [7, 11) is 0. The van der Waals surface area contributed by atoms with Crippen molar-refractivity contribution in [3.8, 4) is 0 Å². The molecule has 0 radical (unpaired) electrons. The number of unbranched alkanes of at least 4 members (excludes halogenated alkanes) is 1. The summed E-state index contributed by atoms with van der Waals surface area (Å²) in [6.07, 6.45) is 3.17. The number of carbonyl (C=O) groups excluding carboxylic acids is 1. The summed E-state index contributed by atoms with van der Waals surface area (Å²) in [6.45, 7) is 2.43. The fourth-order valence-corrected chi connectivity index (χ4v) is 4.17. The third-order valence-electron chi connectivity index (χ3n) is 5.42. The first-order valence-corrected chi connectivity index (χ1v) is 10.2. The minimum atomic E-state index is -0.478. The molecule has 0 aliphatic carbocycles. The topological polar surface area (TPSA) is 48.0 Å². The molecule has 0 unspecified atom stereocenters. The van der Waals surface area contributed by atoms with E-state index in [0.717, 1.165) is 41.1 Å². The number of nitrogens with zero attached hydrogens (tertiary/aromatic N) is 1. The number of hydrogen-bond donors (Lipinski definition) is 1. The van der Waals surface area contributed by atoms with E-state index in [2.05, 4.69) is 19.1 Å². The second-order valence-electron chi connectivity index (χ2n) is 7.31. The number of halogens is 2. The molecule has 5 heteroatoms. The van der Waals surface area contributed by atoms with Crippen molar-refractivity contribution < 1.29 is 9.18 Å². The molecule has 0 atom stereocenters. The molecule has 0 spiro atoms. The van der Waals surface area contributed by atoms with Crippen LogP contribution in [0.15, 0.2) is 54.6 Å². The van der Waals surface area contributed by atoms with E-state index >= 15 is 0 Å². The van der Waals surface area contributed by atoms with Gasteiger partial charge < -0.3 is 10.3 Å². The van der Waals surface area contributed by atoms with Crippen LogP contribution in [0.5, 0.6) is 0 Å². The molecule has 29 heavy (non-hydrogen) atoms. The highest BCUT2D eigenvalue weighted by Gasteiger charge is 2.18. The van der Waals surface area contributed by atoms with Gasteiger partial charge in [0.1, 0.15) is 5.82 Å². The van der Waals surface area contributed by atoms with E-state index in [1.807, 2.05) is 16.7 Å². The van der Waals surface area contributed by atoms with E-state index in [0.29, 0.717) is 16.1 Å². The van der Waals surface area contributed by atoms with Crippen molar-refractivity contribution in [3.05, 3.63) is 82.1 Å². The summed E-state index contributed by atoms with van der Waals surface area (Å²) < 4.78 is 16.5. The molecule has 1 aromatic heterocycles. The maximum Gasteiger partial charge on any atom is 0.249 e. The molecule has 4 aromatic rings. The van der Waals surface area contributed by atoms with Crippen LogP contribution in [0.4, 0.5) is 4.39 Å². The van der Waals surface area contributed by atoms with Gasteiger partial charge in [0, 0.05) is 32.4 Å². The molecular formula is C24H22ClFN2O. The Kier molecular flexibility index (Phi) is 5.29. The molecule has 0 aliphatic heterocycles. The fourth-order valence-electron chi connectivity index (χ4n) is 3.94. The largest absolute Gasteiger partial charge is 0.366 e. The van der Waals surface area contributed by atoms with E-state index in [1.54, 1.807) is 24.3 Å². The molecule has 3 aromatic carbocycles. The SMILES string of the molecule is CCCCc1ccc2c3c(C(N)=O)cccc3n(Cc3c(F)cccc3Cl)c2c1. The number of carbonyl (C=O) groups is 1. The van der Waals surface area contributed by atoms with Crippen molar-refractivity contribution in [1.29, 1.82) is 0 Å². The van der Waals surface area contributed by atoms with Gasteiger partial charge in [-0.3, -0.25) is 4.79 Å². The lowest BCUT2D eigenvalue weighted by molar-refractivity contribution is 0.100. The summed E-state index contributed by atoms with van der Waals surface area (Å²) in [5.41, 5.74) is 9.53. The zero-order chi connectivity index (χ0) is 20.5. The fraction of sp³-hybridized carbons (Fsp3) is 0.208. The van der Waals surface area contributed by atoms with E-state index in [1.165, 1.54) is 11.6 Å². The number of aromatic nitrogens is 1. The number of nitrogens with two attached hydrogens (primary N) is 1. The van der Waals surface area contributed by atoms with Gasteiger partial charge in [0.25, 0.3) is 0 Å². The highest BCUT2D eigenvalue weighted by Crippen LogP contribution is 2.34. The molecule has 1 heterocycles. The maximum atomic E-state index is 14.5. The zero-order valence-electron chi connectivity index (χ0n) is 16.2. The quantitative estimate of drug-likeness (QED) is 0.413. The molecule has 0 saturated carbocycles. The third-order valence-corrected chi connectivity index (χ3v) is 5.77. The van der Waals surface area contributed by atoms with Crippen molar-refractivity contribution in [2.24, 2.45) is 5.73 Å². The number of primary amides is 1. The number of rotatable bonds is 6. The molecule has 0 aliphatic rings. The van der Waals surface area contributed by atoms with Crippen LogP contribution in [0, 0.1) is 5.82 Å². The molecule has 0 fully saturated rings. The van der Waals surface area contributed by atoms with Gasteiger partial charge in [0.05, 0.1) is 12.1 Å². The van der Waals surface area contributed by atoms with Crippen molar-refractivity contribution >= 4 is 39.3 Å². The lowest BCUT2D eigenvalue weighted by atomic mass is 10.0. The van der Waals surface area contributed by atoms with Crippen LogP contribution in [-0.2, 0) is 13.0 Å². The van der Waals surface area contributed by atoms with Crippen molar-refractivity contribution in [1.82, 2.24) is 4.57 Å². The van der Waals surface area contributed by atoms with Gasteiger partial charge in [-0.15, -0.1) is 0 Å². The summed E-state index contributed by atoms with van der Waals surface area (Å²) in [5.74, 6) is -0.825. The van der Waals surface area contributed by atoms with Crippen LogP contribution in [0.3, 0.4) is 0 Å². The smallest absolute Gasteiger partial charge is 0.249 e. The summed E-state index contributed by atoms with van der Waals surface area (Å²) in [6, 6.07) is 16.4. The molecule has 0 saturated heterocycles. The number of amides is 1. The van der Waals surface area contributed by atoms with Crippen LogP contribution >= 0.6 is 11.6 Å². The van der Waals surface area contributed by atoms with Crippen LogP contribution in [-0.4, -0.2) is 10.5 Å². The second kappa shape index (κ2) is 7.88. The number of benzene rings is 3. The van der Waals surface area contributed by atoms with Crippen LogP contribution in [0.2, 0.25) is 5.02 Å². The molecule has 3 nitrogen and oxygen atoms in total. The Morgan fingerprint density at radius 3 is 2.62 bits per heavy atom. The second-order valence-corrected chi connectivity index (χ2v) is 7.71. The Balaban J connectivity index is 2.01. The number of hydrogen-bond acceptors (Lipinski definition) is 1. The lowest BCUT2D eigenvalue weighted by Gasteiger charge is -2.11. The van der Waals surface area contributed by atoms with Gasteiger partial charge in [-0.2, -0.15) is 0 Å². The maximum absolute atomic E-state index is 14.5. The summed E-state index contributed by atoms with van der Waals surface area (Å²) >= 11 is 6.30.